The summed E-state index contributed by atoms with van der Waals surface area (Å²) in [4.78, 5) is 7.17. The number of rotatable bonds is 4. The van der Waals surface area contributed by atoms with E-state index in [0.29, 0.717) is 6.01 Å². The van der Waals surface area contributed by atoms with Crippen molar-refractivity contribution in [1.29, 1.82) is 0 Å². The van der Waals surface area contributed by atoms with Gasteiger partial charge >= 0.3 is 6.01 Å². The molecule has 1 aromatic heterocycles. The van der Waals surface area contributed by atoms with Gasteiger partial charge in [0.25, 0.3) is 0 Å². The summed E-state index contributed by atoms with van der Waals surface area (Å²) < 4.78 is 6.62. The lowest BCUT2D eigenvalue weighted by molar-refractivity contribution is 0.611. The molecule has 41 heavy (non-hydrogen) atoms. The first-order valence-corrected chi connectivity index (χ1v) is 14.1. The summed E-state index contributed by atoms with van der Waals surface area (Å²) in [6, 6.07) is 47.6. The van der Waals surface area contributed by atoms with Gasteiger partial charge in [0.15, 0.2) is 5.58 Å². The zero-order valence-corrected chi connectivity index (χ0v) is 23.0. The molecule has 8 rings (SSSR count). The molecule has 0 bridgehead atoms. The molecule has 1 heterocycles. The zero-order valence-electron chi connectivity index (χ0n) is 23.0. The number of benzene rings is 6. The Labute approximate surface area is 239 Å². The van der Waals surface area contributed by atoms with Crippen molar-refractivity contribution < 1.29 is 4.42 Å². The lowest BCUT2D eigenvalue weighted by Gasteiger charge is -2.25. The number of nitrogens with zero attached hydrogens (tertiary/aromatic N) is 2. The first-order chi connectivity index (χ1) is 20.1. The van der Waals surface area contributed by atoms with E-state index < -0.39 is 0 Å². The van der Waals surface area contributed by atoms with Crippen LogP contribution in [0.2, 0.25) is 0 Å². The molecule has 0 N–H and O–H groups in total. The Hall–Kier alpha value is -5.15. The van der Waals surface area contributed by atoms with Gasteiger partial charge in [-0.15, -0.1) is 0 Å². The Bertz CT molecular complexity index is 2070. The molecule has 3 heteroatoms. The molecule has 0 atom stereocenters. The Balaban J connectivity index is 1.31. The molecule has 0 radical (unpaired) electrons. The van der Waals surface area contributed by atoms with Crippen molar-refractivity contribution in [1.82, 2.24) is 4.98 Å². The van der Waals surface area contributed by atoms with Gasteiger partial charge in [-0.25, -0.2) is 0 Å². The summed E-state index contributed by atoms with van der Waals surface area (Å²) in [5, 5.41) is 2.20. The fourth-order valence-corrected chi connectivity index (χ4v) is 6.37. The number of hydrogen-bond acceptors (Lipinski definition) is 3. The molecule has 0 spiro atoms. The molecular formula is C38H28N2O. The second kappa shape index (κ2) is 8.94. The van der Waals surface area contributed by atoms with Crippen molar-refractivity contribution in [3.05, 3.63) is 145 Å². The Kier molecular flexibility index (Phi) is 5.17. The van der Waals surface area contributed by atoms with E-state index in [4.69, 9.17) is 9.40 Å². The Morgan fingerprint density at radius 1 is 0.585 bits per heavy atom. The molecule has 0 amide bonds. The van der Waals surface area contributed by atoms with Gasteiger partial charge in [-0.1, -0.05) is 117 Å². The first-order valence-electron chi connectivity index (χ1n) is 14.1. The number of aromatic nitrogens is 1. The van der Waals surface area contributed by atoms with E-state index in [1.165, 1.54) is 33.4 Å². The standard InChI is InChI=1S/C38H28N2O/c1-38(2)33-15-9-8-14-31(33)32-22-21-29(24-34(32)38)40(28-19-16-26(17-20-28)25-10-4-3-5-11-25)37-39-35-23-18-27-12-6-7-13-30(27)36(35)41-37/h3-24H,1-2H3. The highest BCUT2D eigenvalue weighted by molar-refractivity contribution is 6.03. The fraction of sp³-hybridized carbons (Fsp3) is 0.0789. The molecule has 3 nitrogen and oxygen atoms in total. The lowest BCUT2D eigenvalue weighted by atomic mass is 9.82. The molecule has 0 unspecified atom stereocenters. The Morgan fingerprint density at radius 3 is 2.12 bits per heavy atom. The van der Waals surface area contributed by atoms with E-state index in [1.807, 2.05) is 18.2 Å². The predicted molar refractivity (Wildman–Crippen MR) is 169 cm³/mol. The highest BCUT2D eigenvalue weighted by Gasteiger charge is 2.36. The summed E-state index contributed by atoms with van der Waals surface area (Å²) >= 11 is 0. The van der Waals surface area contributed by atoms with Crippen LogP contribution >= 0.6 is 0 Å². The largest absolute Gasteiger partial charge is 0.422 e. The maximum Gasteiger partial charge on any atom is 0.307 e. The normalized spacial score (nSPS) is 13.3. The van der Waals surface area contributed by atoms with Crippen molar-refractivity contribution >= 4 is 39.3 Å². The third-order valence-corrected chi connectivity index (χ3v) is 8.52. The minimum Gasteiger partial charge on any atom is -0.422 e. The van der Waals surface area contributed by atoms with Crippen LogP contribution in [-0.4, -0.2) is 4.98 Å². The van der Waals surface area contributed by atoms with Gasteiger partial charge in [-0.05, 0) is 69.1 Å². The highest BCUT2D eigenvalue weighted by atomic mass is 16.4. The third kappa shape index (κ3) is 3.70. The summed E-state index contributed by atoms with van der Waals surface area (Å²) in [6.07, 6.45) is 0. The van der Waals surface area contributed by atoms with Gasteiger partial charge in [0.2, 0.25) is 0 Å². The molecule has 0 saturated carbocycles. The molecule has 0 saturated heterocycles. The van der Waals surface area contributed by atoms with E-state index in [0.717, 1.165) is 33.2 Å². The topological polar surface area (TPSA) is 29.3 Å². The first kappa shape index (κ1) is 23.7. The number of oxazole rings is 1. The number of hydrogen-bond donors (Lipinski definition) is 0. The van der Waals surface area contributed by atoms with Gasteiger partial charge in [-0.3, -0.25) is 4.90 Å². The van der Waals surface area contributed by atoms with Crippen LogP contribution in [0.4, 0.5) is 17.4 Å². The van der Waals surface area contributed by atoms with Crippen LogP contribution in [-0.2, 0) is 5.41 Å². The third-order valence-electron chi connectivity index (χ3n) is 8.52. The number of fused-ring (bicyclic) bond motifs is 6. The maximum absolute atomic E-state index is 6.62. The Morgan fingerprint density at radius 2 is 1.27 bits per heavy atom. The van der Waals surface area contributed by atoms with Gasteiger partial charge in [0, 0.05) is 10.8 Å². The van der Waals surface area contributed by atoms with Crippen LogP contribution in [0.15, 0.2) is 138 Å². The monoisotopic (exact) mass is 528 g/mol. The molecule has 7 aromatic rings. The average molecular weight is 529 g/mol. The van der Waals surface area contributed by atoms with E-state index in [2.05, 4.69) is 134 Å². The minimum absolute atomic E-state index is 0.109. The summed E-state index contributed by atoms with van der Waals surface area (Å²) in [5.41, 5.74) is 11.2. The quantitative estimate of drug-likeness (QED) is 0.228. The summed E-state index contributed by atoms with van der Waals surface area (Å²) in [5.74, 6) is 0. The van der Waals surface area contributed by atoms with Crippen LogP contribution in [0, 0.1) is 0 Å². The highest BCUT2D eigenvalue weighted by Crippen LogP contribution is 2.50. The fourth-order valence-electron chi connectivity index (χ4n) is 6.37. The maximum atomic E-state index is 6.62. The minimum atomic E-state index is -0.109. The molecule has 0 aliphatic heterocycles. The van der Waals surface area contributed by atoms with Gasteiger partial charge < -0.3 is 4.42 Å². The predicted octanol–water partition coefficient (Wildman–Crippen LogP) is 10.4. The smallest absolute Gasteiger partial charge is 0.307 e. The van der Waals surface area contributed by atoms with Crippen LogP contribution in [0.3, 0.4) is 0 Å². The SMILES string of the molecule is CC1(C)c2ccccc2-c2ccc(N(c3ccc(-c4ccccc4)cc3)c3nc4ccc5ccccc5c4o3)cc21. The van der Waals surface area contributed by atoms with E-state index in [1.54, 1.807) is 0 Å². The van der Waals surface area contributed by atoms with Crippen LogP contribution < -0.4 is 4.90 Å². The van der Waals surface area contributed by atoms with Crippen molar-refractivity contribution in [2.75, 3.05) is 4.90 Å². The van der Waals surface area contributed by atoms with Gasteiger partial charge in [-0.2, -0.15) is 4.98 Å². The summed E-state index contributed by atoms with van der Waals surface area (Å²) in [6.45, 7) is 4.62. The molecule has 1 aliphatic rings. The second-order valence-electron chi connectivity index (χ2n) is 11.3. The second-order valence-corrected chi connectivity index (χ2v) is 11.3. The zero-order chi connectivity index (χ0) is 27.6. The van der Waals surface area contributed by atoms with Gasteiger partial charge in [0.05, 0.1) is 11.4 Å². The van der Waals surface area contributed by atoms with E-state index >= 15 is 0 Å². The molecular weight excluding hydrogens is 500 g/mol. The van der Waals surface area contributed by atoms with Crippen molar-refractivity contribution in [2.24, 2.45) is 0 Å². The molecule has 196 valence electrons. The van der Waals surface area contributed by atoms with Crippen LogP contribution in [0.1, 0.15) is 25.0 Å². The van der Waals surface area contributed by atoms with Gasteiger partial charge in [0.1, 0.15) is 5.52 Å². The summed E-state index contributed by atoms with van der Waals surface area (Å²) in [7, 11) is 0. The molecule has 1 aliphatic carbocycles. The molecule has 0 fully saturated rings. The van der Waals surface area contributed by atoms with Crippen LogP contribution in [0.25, 0.3) is 44.1 Å². The van der Waals surface area contributed by atoms with E-state index in [-0.39, 0.29) is 5.41 Å². The number of anilines is 3. The molecule has 6 aromatic carbocycles. The van der Waals surface area contributed by atoms with Crippen LogP contribution in [0.5, 0.6) is 0 Å². The lowest BCUT2D eigenvalue weighted by Crippen LogP contribution is -2.16. The average Bonchev–Trinajstić information content (AvgIpc) is 3.55. The van der Waals surface area contributed by atoms with E-state index in [9.17, 15) is 0 Å². The van der Waals surface area contributed by atoms with Crippen molar-refractivity contribution in [2.45, 2.75) is 19.3 Å². The van der Waals surface area contributed by atoms with Crippen molar-refractivity contribution in [3.63, 3.8) is 0 Å². The van der Waals surface area contributed by atoms with Crippen molar-refractivity contribution in [3.8, 4) is 22.3 Å².